The third-order valence-electron chi connectivity index (χ3n) is 7.10. The Bertz CT molecular complexity index is 1780. The van der Waals surface area contributed by atoms with Crippen molar-refractivity contribution < 1.29 is 13.7 Å². The summed E-state index contributed by atoms with van der Waals surface area (Å²) in [5.74, 6) is 0.241. The maximum Gasteiger partial charge on any atom is 0.439 e. The molecule has 8 nitrogen and oxygen atoms in total. The van der Waals surface area contributed by atoms with Gasteiger partial charge in [-0.05, 0) is 54.2 Å². The van der Waals surface area contributed by atoms with Gasteiger partial charge in [0, 0.05) is 41.9 Å². The van der Waals surface area contributed by atoms with Crippen LogP contribution < -0.4 is 10.5 Å². The molecule has 0 bridgehead atoms. The Hall–Kier alpha value is -4.53. The van der Waals surface area contributed by atoms with E-state index in [9.17, 15) is 9.18 Å². The quantitative estimate of drug-likeness (QED) is 0.382. The number of nitrogens with one attached hydrogen (secondary N) is 1. The largest absolute Gasteiger partial charge is 0.488 e. The molecule has 3 aromatic heterocycles. The number of nitrogens with zero attached hydrogens (tertiary/aromatic N) is 4. The van der Waals surface area contributed by atoms with Crippen LogP contribution in [0.3, 0.4) is 0 Å². The first-order valence-corrected chi connectivity index (χ1v) is 12.2. The van der Waals surface area contributed by atoms with Crippen LogP contribution in [0.2, 0.25) is 0 Å². The van der Waals surface area contributed by atoms with Gasteiger partial charge in [0.2, 0.25) is 0 Å². The lowest BCUT2D eigenvalue weighted by Crippen LogP contribution is -2.02. The Labute approximate surface area is 210 Å². The first-order chi connectivity index (χ1) is 18.0. The fourth-order valence-corrected chi connectivity index (χ4v) is 5.19. The molecule has 1 fully saturated rings. The van der Waals surface area contributed by atoms with Gasteiger partial charge in [-0.3, -0.25) is 14.5 Å². The molecule has 1 N–H and O–H groups in total. The van der Waals surface area contributed by atoms with Crippen LogP contribution in [0.15, 0.2) is 64.3 Å². The minimum absolute atomic E-state index is 0.276. The van der Waals surface area contributed by atoms with Gasteiger partial charge in [0.1, 0.15) is 18.2 Å². The molecule has 37 heavy (non-hydrogen) atoms. The minimum Gasteiger partial charge on any atom is -0.488 e. The number of imidazole rings is 1. The molecule has 0 spiro atoms. The second-order valence-corrected chi connectivity index (χ2v) is 9.56. The third kappa shape index (κ3) is 3.74. The van der Waals surface area contributed by atoms with Gasteiger partial charge in [0.15, 0.2) is 11.5 Å². The highest BCUT2D eigenvalue weighted by molar-refractivity contribution is 5.99. The number of hydrogen-bond donors (Lipinski definition) is 1. The van der Waals surface area contributed by atoms with Crippen LogP contribution in [0.5, 0.6) is 5.75 Å². The Morgan fingerprint density at radius 1 is 1.19 bits per heavy atom. The Balaban J connectivity index is 1.36. The number of H-pyrrole nitrogens is 1. The summed E-state index contributed by atoms with van der Waals surface area (Å²) in [5, 5.41) is 3.88. The lowest BCUT2D eigenvalue weighted by Gasteiger charge is -2.14. The predicted molar refractivity (Wildman–Crippen MR) is 134 cm³/mol. The predicted octanol–water partition coefficient (Wildman–Crippen LogP) is 4.88. The molecule has 184 valence electrons. The average Bonchev–Trinajstić information content (AvgIpc) is 3.59. The van der Waals surface area contributed by atoms with E-state index in [2.05, 4.69) is 37.7 Å². The van der Waals surface area contributed by atoms with Crippen molar-refractivity contribution in [3.8, 4) is 5.75 Å². The number of aromatic amines is 1. The molecule has 5 aromatic rings. The number of ether oxygens (including phenoxy) is 1. The number of hydrogen-bond acceptors (Lipinski definition) is 6. The summed E-state index contributed by atoms with van der Waals surface area (Å²) >= 11 is 0. The SMILES string of the molecule is C/C(=C1/c2ccc(Cc3c(C4CC4)nc4cnccn34)cc2COc2cc(F)ccc21)c1noc(=O)[nH]1. The van der Waals surface area contributed by atoms with Crippen molar-refractivity contribution in [1.29, 1.82) is 0 Å². The molecule has 1 aliphatic carbocycles. The van der Waals surface area contributed by atoms with Crippen LogP contribution in [0.1, 0.15) is 65.1 Å². The molecule has 0 radical (unpaired) electrons. The van der Waals surface area contributed by atoms with Gasteiger partial charge in [0.05, 0.1) is 17.6 Å². The van der Waals surface area contributed by atoms with E-state index in [1.807, 2.05) is 13.1 Å². The van der Waals surface area contributed by atoms with Gasteiger partial charge in [-0.15, -0.1) is 0 Å². The van der Waals surface area contributed by atoms with Crippen molar-refractivity contribution in [3.63, 3.8) is 0 Å². The van der Waals surface area contributed by atoms with Gasteiger partial charge in [-0.1, -0.05) is 23.4 Å². The lowest BCUT2D eigenvalue weighted by atomic mass is 9.89. The number of rotatable bonds is 4. The lowest BCUT2D eigenvalue weighted by molar-refractivity contribution is 0.305. The zero-order valence-corrected chi connectivity index (χ0v) is 20.0. The monoisotopic (exact) mass is 495 g/mol. The van der Waals surface area contributed by atoms with Gasteiger partial charge < -0.3 is 9.14 Å². The van der Waals surface area contributed by atoms with E-state index < -0.39 is 5.76 Å². The Morgan fingerprint density at radius 2 is 2.05 bits per heavy atom. The van der Waals surface area contributed by atoms with Crippen molar-refractivity contribution in [2.24, 2.45) is 0 Å². The van der Waals surface area contributed by atoms with Gasteiger partial charge in [0.25, 0.3) is 0 Å². The Kier molecular flexibility index (Phi) is 4.85. The average molecular weight is 496 g/mol. The molecule has 2 aliphatic rings. The summed E-state index contributed by atoms with van der Waals surface area (Å²) in [6, 6.07) is 10.8. The second kappa shape index (κ2) is 8.26. The molecule has 2 aromatic carbocycles. The first-order valence-electron chi connectivity index (χ1n) is 12.2. The standard InChI is InChI=1S/C28H22FN5O3/c1-15(27-32-28(35)37-33-27)25-20-6-2-16(10-18(20)14-36-23-12-19(29)5-7-21(23)25)11-22-26(17-3-4-17)31-24-13-30-8-9-34(22)24/h2,5-10,12-13,17H,3-4,11,14H2,1H3,(H,32,33,35)/b25-15+. The topological polar surface area (TPSA) is 98.3 Å². The molecule has 0 saturated heterocycles. The fraction of sp³-hybridized carbons (Fsp3) is 0.214. The summed E-state index contributed by atoms with van der Waals surface area (Å²) < 4.78 is 27.1. The summed E-state index contributed by atoms with van der Waals surface area (Å²) in [7, 11) is 0. The number of aromatic nitrogens is 5. The summed E-state index contributed by atoms with van der Waals surface area (Å²) in [6.07, 6.45) is 8.57. The van der Waals surface area contributed by atoms with E-state index in [0.717, 1.165) is 52.0 Å². The first kappa shape index (κ1) is 21.7. The van der Waals surface area contributed by atoms with E-state index in [0.29, 0.717) is 29.5 Å². The van der Waals surface area contributed by atoms with E-state index in [1.165, 1.54) is 17.8 Å². The number of benzene rings is 2. The van der Waals surface area contributed by atoms with Crippen molar-refractivity contribution in [2.75, 3.05) is 0 Å². The molecule has 4 heterocycles. The molecular formula is C28H22FN5O3. The molecule has 0 atom stereocenters. The number of fused-ring (bicyclic) bond motifs is 3. The summed E-state index contributed by atoms with van der Waals surface area (Å²) in [5.41, 5.74) is 8.41. The third-order valence-corrected chi connectivity index (χ3v) is 7.10. The highest BCUT2D eigenvalue weighted by Crippen LogP contribution is 2.43. The fourth-order valence-electron chi connectivity index (χ4n) is 5.19. The minimum atomic E-state index is -0.635. The highest BCUT2D eigenvalue weighted by Gasteiger charge is 2.30. The van der Waals surface area contributed by atoms with Crippen LogP contribution in [0.25, 0.3) is 16.8 Å². The van der Waals surface area contributed by atoms with Gasteiger partial charge >= 0.3 is 5.76 Å². The zero-order chi connectivity index (χ0) is 25.1. The molecule has 1 aliphatic heterocycles. The van der Waals surface area contributed by atoms with Crippen LogP contribution in [0, 0.1) is 5.82 Å². The normalized spacial score (nSPS) is 16.2. The van der Waals surface area contributed by atoms with E-state index in [4.69, 9.17) is 14.2 Å². The van der Waals surface area contributed by atoms with Crippen LogP contribution >= 0.6 is 0 Å². The van der Waals surface area contributed by atoms with E-state index in [-0.39, 0.29) is 12.4 Å². The van der Waals surface area contributed by atoms with Crippen LogP contribution in [-0.4, -0.2) is 24.5 Å². The van der Waals surface area contributed by atoms with Crippen molar-refractivity contribution in [3.05, 3.63) is 111 Å². The van der Waals surface area contributed by atoms with Crippen molar-refractivity contribution >= 4 is 16.8 Å². The van der Waals surface area contributed by atoms with E-state index in [1.54, 1.807) is 18.5 Å². The molecule has 9 heteroatoms. The van der Waals surface area contributed by atoms with Gasteiger partial charge in [-0.2, -0.15) is 0 Å². The smallest absolute Gasteiger partial charge is 0.439 e. The van der Waals surface area contributed by atoms with Crippen molar-refractivity contribution in [2.45, 2.75) is 38.7 Å². The highest BCUT2D eigenvalue weighted by atomic mass is 19.1. The second-order valence-electron chi connectivity index (χ2n) is 9.56. The van der Waals surface area contributed by atoms with Gasteiger partial charge in [-0.25, -0.2) is 14.2 Å². The molecular weight excluding hydrogens is 473 g/mol. The molecule has 1 saturated carbocycles. The number of allylic oxidation sites excluding steroid dienone is 1. The van der Waals surface area contributed by atoms with Crippen molar-refractivity contribution in [1.82, 2.24) is 24.5 Å². The zero-order valence-electron chi connectivity index (χ0n) is 20.0. The van der Waals surface area contributed by atoms with E-state index >= 15 is 0 Å². The maximum atomic E-state index is 14.1. The molecule has 7 rings (SSSR count). The summed E-state index contributed by atoms with van der Waals surface area (Å²) in [4.78, 5) is 23.4. The Morgan fingerprint density at radius 3 is 2.86 bits per heavy atom. The van der Waals surface area contributed by atoms with Crippen LogP contribution in [0.4, 0.5) is 4.39 Å². The number of halogens is 1. The maximum absolute atomic E-state index is 14.1. The molecule has 0 unspecified atom stereocenters. The molecule has 0 amide bonds. The van der Waals surface area contributed by atoms with Crippen LogP contribution in [-0.2, 0) is 13.0 Å². The summed E-state index contributed by atoms with van der Waals surface area (Å²) in [6.45, 7) is 2.13.